The summed E-state index contributed by atoms with van der Waals surface area (Å²) in [5.74, 6) is 0.0711. The molecule has 3 rings (SSSR count). The molecule has 1 fully saturated rings. The third-order valence-electron chi connectivity index (χ3n) is 4.63. The van der Waals surface area contributed by atoms with E-state index in [0.717, 1.165) is 48.9 Å². The van der Waals surface area contributed by atoms with Gasteiger partial charge in [0.05, 0.1) is 0 Å². The monoisotopic (exact) mass is 381 g/mol. The van der Waals surface area contributed by atoms with Crippen LogP contribution in [0.5, 0.6) is 0 Å². The number of hydrazone groups is 1. The van der Waals surface area contributed by atoms with E-state index in [1.807, 2.05) is 54.6 Å². The molecule has 0 radical (unpaired) electrons. The lowest BCUT2D eigenvalue weighted by atomic mass is 10.0. The van der Waals surface area contributed by atoms with Crippen LogP contribution in [-0.2, 0) is 6.54 Å². The summed E-state index contributed by atoms with van der Waals surface area (Å²) in [6.07, 6.45) is 5.60. The molecule has 2 aromatic carbocycles. The predicted octanol–water partition coefficient (Wildman–Crippen LogP) is 4.36. The zero-order valence-corrected chi connectivity index (χ0v) is 16.3. The number of Topliss-reactive ketones (excluding diaryl/α,β-unsaturated/α-hetero) is 1. The number of allylic oxidation sites excluding steroid dienone is 1. The van der Waals surface area contributed by atoms with E-state index in [1.54, 1.807) is 13.1 Å². The van der Waals surface area contributed by atoms with Crippen LogP contribution in [0.3, 0.4) is 0 Å². The van der Waals surface area contributed by atoms with Gasteiger partial charge >= 0.3 is 0 Å². The summed E-state index contributed by atoms with van der Waals surface area (Å²) in [6, 6.07) is 15.6. The van der Waals surface area contributed by atoms with Gasteiger partial charge in [-0.1, -0.05) is 60.1 Å². The lowest BCUT2D eigenvalue weighted by Crippen LogP contribution is -2.43. The number of nitrogens with zero attached hydrogens (tertiary/aromatic N) is 3. The summed E-state index contributed by atoms with van der Waals surface area (Å²) in [5.41, 5.74) is 2.82. The number of carbonyl (C=O) groups is 1. The van der Waals surface area contributed by atoms with Crippen LogP contribution in [0.25, 0.3) is 6.08 Å². The molecule has 0 amide bonds. The quantitative estimate of drug-likeness (QED) is 0.551. The largest absolute Gasteiger partial charge is 0.295 e. The van der Waals surface area contributed by atoms with Crippen molar-refractivity contribution in [2.24, 2.45) is 5.10 Å². The highest BCUT2D eigenvalue weighted by atomic mass is 35.5. The number of rotatable bonds is 6. The van der Waals surface area contributed by atoms with E-state index in [0.29, 0.717) is 0 Å². The average molecular weight is 382 g/mol. The van der Waals surface area contributed by atoms with E-state index in [9.17, 15) is 4.79 Å². The highest BCUT2D eigenvalue weighted by Gasteiger charge is 2.16. The highest BCUT2D eigenvalue weighted by molar-refractivity contribution is 6.31. The standard InChI is InChI=1S/C22H24ClN3O/c1-18(27)21-10-4-2-7-19(21)9-6-12-24-26-15-13-25(14-16-26)17-20-8-3-5-11-22(20)23/h2-12H,13-17H2,1H3/b9-6+,24-12-. The van der Waals surface area contributed by atoms with Gasteiger partial charge in [-0.3, -0.25) is 14.7 Å². The van der Waals surface area contributed by atoms with Crippen molar-refractivity contribution >= 4 is 29.7 Å². The number of piperazine rings is 1. The zero-order valence-electron chi connectivity index (χ0n) is 15.5. The van der Waals surface area contributed by atoms with E-state index in [2.05, 4.69) is 21.1 Å². The van der Waals surface area contributed by atoms with Crippen LogP contribution in [-0.4, -0.2) is 48.1 Å². The average Bonchev–Trinajstić information content (AvgIpc) is 2.68. The van der Waals surface area contributed by atoms with Crippen molar-refractivity contribution in [2.45, 2.75) is 13.5 Å². The van der Waals surface area contributed by atoms with Gasteiger partial charge in [-0.05, 0) is 30.2 Å². The molecule has 0 unspecified atom stereocenters. The summed E-state index contributed by atoms with van der Waals surface area (Å²) >= 11 is 6.25. The SMILES string of the molecule is CC(=O)c1ccccc1/C=C/C=N\N1CCN(Cc2ccccc2Cl)CC1. The smallest absolute Gasteiger partial charge is 0.160 e. The number of hydrogen-bond acceptors (Lipinski definition) is 4. The van der Waals surface area contributed by atoms with Crippen LogP contribution in [0.15, 0.2) is 59.7 Å². The van der Waals surface area contributed by atoms with E-state index in [4.69, 9.17) is 11.6 Å². The fourth-order valence-electron chi connectivity index (χ4n) is 3.12. The summed E-state index contributed by atoms with van der Waals surface area (Å²) in [5, 5.41) is 7.42. The molecule has 5 heteroatoms. The predicted molar refractivity (Wildman–Crippen MR) is 112 cm³/mol. The van der Waals surface area contributed by atoms with Crippen LogP contribution in [0.1, 0.15) is 28.4 Å². The van der Waals surface area contributed by atoms with Gasteiger partial charge in [0.25, 0.3) is 0 Å². The molecular formula is C22H24ClN3O. The minimum Gasteiger partial charge on any atom is -0.295 e. The third kappa shape index (κ3) is 5.52. The third-order valence-corrected chi connectivity index (χ3v) is 5.00. The second-order valence-corrected chi connectivity index (χ2v) is 7.00. The second-order valence-electron chi connectivity index (χ2n) is 6.59. The molecule has 0 aliphatic carbocycles. The van der Waals surface area contributed by atoms with Crippen molar-refractivity contribution in [1.29, 1.82) is 0 Å². The molecule has 1 aliphatic heterocycles. The van der Waals surface area contributed by atoms with Gasteiger partial charge in [-0.25, -0.2) is 0 Å². The van der Waals surface area contributed by atoms with E-state index < -0.39 is 0 Å². The normalized spacial score (nSPS) is 15.7. The molecule has 27 heavy (non-hydrogen) atoms. The number of halogens is 1. The van der Waals surface area contributed by atoms with Gasteiger partial charge in [0.1, 0.15) is 0 Å². The molecular weight excluding hydrogens is 358 g/mol. The van der Waals surface area contributed by atoms with Crippen molar-refractivity contribution in [2.75, 3.05) is 26.2 Å². The summed E-state index contributed by atoms with van der Waals surface area (Å²) in [4.78, 5) is 14.0. The number of carbonyl (C=O) groups excluding carboxylic acids is 1. The first-order chi connectivity index (χ1) is 13.1. The van der Waals surface area contributed by atoms with E-state index in [1.165, 1.54) is 5.56 Å². The van der Waals surface area contributed by atoms with Crippen LogP contribution in [0.2, 0.25) is 5.02 Å². The van der Waals surface area contributed by atoms with Crippen molar-refractivity contribution in [3.05, 3.63) is 76.3 Å². The summed E-state index contributed by atoms with van der Waals surface area (Å²) in [7, 11) is 0. The maximum Gasteiger partial charge on any atom is 0.160 e. The summed E-state index contributed by atoms with van der Waals surface area (Å²) < 4.78 is 0. The Morgan fingerprint density at radius 2 is 1.78 bits per heavy atom. The first-order valence-corrected chi connectivity index (χ1v) is 9.52. The fraction of sp³-hybridized carbons (Fsp3) is 0.273. The van der Waals surface area contributed by atoms with Crippen LogP contribution >= 0.6 is 11.6 Å². The minimum atomic E-state index is 0.0711. The van der Waals surface area contributed by atoms with Crippen LogP contribution < -0.4 is 0 Å². The Hall–Kier alpha value is -2.43. The Labute approximate surface area is 165 Å². The number of hydrogen-bond donors (Lipinski definition) is 0. The second kappa shape index (κ2) is 9.49. The zero-order chi connectivity index (χ0) is 19.1. The molecule has 2 aromatic rings. The van der Waals surface area contributed by atoms with E-state index >= 15 is 0 Å². The Bertz CT molecular complexity index is 839. The minimum absolute atomic E-state index is 0.0711. The Kier molecular flexibility index (Phi) is 6.80. The molecule has 0 saturated carbocycles. The highest BCUT2D eigenvalue weighted by Crippen LogP contribution is 2.18. The van der Waals surface area contributed by atoms with Gasteiger partial charge < -0.3 is 0 Å². The maximum atomic E-state index is 11.6. The molecule has 4 nitrogen and oxygen atoms in total. The molecule has 140 valence electrons. The van der Waals surface area contributed by atoms with E-state index in [-0.39, 0.29) is 5.78 Å². The van der Waals surface area contributed by atoms with Crippen LogP contribution in [0, 0.1) is 0 Å². The molecule has 1 heterocycles. The Balaban J connectivity index is 1.49. The molecule has 0 aromatic heterocycles. The van der Waals surface area contributed by atoms with Gasteiger partial charge in [0, 0.05) is 49.5 Å². The molecule has 1 saturated heterocycles. The fourth-order valence-corrected chi connectivity index (χ4v) is 3.32. The molecule has 0 spiro atoms. The van der Waals surface area contributed by atoms with Crippen LogP contribution in [0.4, 0.5) is 0 Å². The lowest BCUT2D eigenvalue weighted by molar-refractivity contribution is 0.101. The maximum absolute atomic E-state index is 11.6. The van der Waals surface area contributed by atoms with Crippen molar-refractivity contribution in [3.8, 4) is 0 Å². The van der Waals surface area contributed by atoms with Gasteiger partial charge in [-0.2, -0.15) is 5.10 Å². The molecule has 0 atom stereocenters. The topological polar surface area (TPSA) is 35.9 Å². The van der Waals surface area contributed by atoms with Gasteiger partial charge in [0.2, 0.25) is 0 Å². The van der Waals surface area contributed by atoms with Gasteiger partial charge in [-0.15, -0.1) is 0 Å². The summed E-state index contributed by atoms with van der Waals surface area (Å²) in [6.45, 7) is 6.15. The lowest BCUT2D eigenvalue weighted by Gasteiger charge is -2.33. The molecule has 1 aliphatic rings. The van der Waals surface area contributed by atoms with Crippen molar-refractivity contribution < 1.29 is 4.79 Å². The Morgan fingerprint density at radius 1 is 1.07 bits per heavy atom. The number of ketones is 1. The van der Waals surface area contributed by atoms with Crippen molar-refractivity contribution in [1.82, 2.24) is 9.91 Å². The Morgan fingerprint density at radius 3 is 2.52 bits per heavy atom. The van der Waals surface area contributed by atoms with Crippen molar-refractivity contribution in [3.63, 3.8) is 0 Å². The van der Waals surface area contributed by atoms with Gasteiger partial charge in [0.15, 0.2) is 5.78 Å². The first-order valence-electron chi connectivity index (χ1n) is 9.15. The molecule has 0 N–H and O–H groups in total. The molecule has 0 bridgehead atoms. The first kappa shape index (κ1) is 19.3. The number of benzene rings is 2.